The van der Waals surface area contributed by atoms with Crippen molar-refractivity contribution in [3.8, 4) is 18.1 Å². The largest absolute Gasteiger partial charge is 0.479 e. The van der Waals surface area contributed by atoms with Crippen LogP contribution in [0.1, 0.15) is 5.56 Å². The fraction of sp³-hybridized carbons (Fsp3) is 0.188. The molecule has 1 heterocycles. The van der Waals surface area contributed by atoms with E-state index in [1.165, 1.54) is 20.2 Å². The second-order valence-electron chi connectivity index (χ2n) is 4.87. The van der Waals surface area contributed by atoms with Gasteiger partial charge in [0, 0.05) is 23.2 Å². The van der Waals surface area contributed by atoms with Crippen molar-refractivity contribution in [2.24, 2.45) is 0 Å². The number of rotatable bonds is 3. The molecule has 0 radical (unpaired) electrons. The lowest BCUT2D eigenvalue weighted by Crippen LogP contribution is -2.52. The lowest BCUT2D eigenvalue weighted by Gasteiger charge is -2.29. The van der Waals surface area contributed by atoms with Crippen molar-refractivity contribution in [3.63, 3.8) is 0 Å². The topological polar surface area (TPSA) is 66.9 Å². The van der Waals surface area contributed by atoms with E-state index in [4.69, 9.17) is 11.2 Å². The molecule has 0 saturated carbocycles. The van der Waals surface area contributed by atoms with Crippen molar-refractivity contribution in [2.75, 3.05) is 20.7 Å². The zero-order valence-corrected chi connectivity index (χ0v) is 17.1. The molecule has 0 spiro atoms. The van der Waals surface area contributed by atoms with E-state index in [-0.39, 0.29) is 12.2 Å². The molecule has 1 saturated heterocycles. The number of halogens is 2. The molecule has 1 fully saturated rings. The molecule has 1 aliphatic heterocycles. The number of hydrogen-bond acceptors (Lipinski definition) is 4. The van der Waals surface area contributed by atoms with E-state index < -0.39 is 17.8 Å². The van der Waals surface area contributed by atoms with Crippen molar-refractivity contribution in [3.05, 3.63) is 30.4 Å². The zero-order valence-electron chi connectivity index (χ0n) is 12.8. The number of benzene rings is 1. The third-order valence-corrected chi connectivity index (χ3v) is 4.70. The molecular weight excluding hydrogens is 538 g/mol. The van der Waals surface area contributed by atoms with Crippen molar-refractivity contribution < 1.29 is 19.1 Å². The minimum atomic E-state index is -0.664. The monoisotopic (exact) mass is 550 g/mol. The van der Waals surface area contributed by atoms with Gasteiger partial charge in [-0.05, 0) is 63.4 Å². The number of terminal acetylenes is 1. The first-order chi connectivity index (χ1) is 11.3. The molecule has 6 nitrogen and oxygen atoms in total. The van der Waals surface area contributed by atoms with Crippen LogP contribution in [0.4, 0.5) is 4.79 Å². The van der Waals surface area contributed by atoms with Crippen LogP contribution in [-0.4, -0.2) is 48.3 Å². The molecular formula is C16H12I2N2O4. The number of hydrogen-bond donors (Lipinski definition) is 0. The third kappa shape index (κ3) is 3.56. The molecule has 1 aliphatic rings. The molecule has 2 rings (SSSR count). The third-order valence-electron chi connectivity index (χ3n) is 3.28. The van der Waals surface area contributed by atoms with Crippen LogP contribution in [0.15, 0.2) is 17.7 Å². The average molecular weight is 550 g/mol. The Kier molecular flexibility index (Phi) is 5.87. The quantitative estimate of drug-likeness (QED) is 0.251. The maximum atomic E-state index is 12.3. The smallest absolute Gasteiger partial charge is 0.333 e. The summed E-state index contributed by atoms with van der Waals surface area (Å²) < 4.78 is 7.26. The van der Waals surface area contributed by atoms with Gasteiger partial charge in [-0.15, -0.1) is 6.42 Å². The molecule has 0 aromatic heterocycles. The Balaban J connectivity index is 2.57. The molecule has 1 aromatic rings. The lowest BCUT2D eigenvalue weighted by atomic mass is 10.1. The fourth-order valence-corrected chi connectivity index (χ4v) is 4.13. The highest BCUT2D eigenvalue weighted by molar-refractivity contribution is 14.1. The highest BCUT2D eigenvalue weighted by Crippen LogP contribution is 2.31. The van der Waals surface area contributed by atoms with Gasteiger partial charge in [-0.25, -0.2) is 4.79 Å². The number of carbonyl (C=O) groups is 3. The summed E-state index contributed by atoms with van der Waals surface area (Å²) >= 11 is 4.22. The highest BCUT2D eigenvalue weighted by atomic mass is 127. The Morgan fingerprint density at radius 3 is 2.29 bits per heavy atom. The molecule has 0 N–H and O–H groups in total. The fourth-order valence-electron chi connectivity index (χ4n) is 2.08. The van der Waals surface area contributed by atoms with Gasteiger partial charge in [-0.2, -0.15) is 0 Å². The van der Waals surface area contributed by atoms with E-state index in [0.29, 0.717) is 11.3 Å². The molecule has 0 bridgehead atoms. The molecule has 0 aliphatic carbocycles. The first kappa shape index (κ1) is 18.7. The van der Waals surface area contributed by atoms with Gasteiger partial charge in [0.15, 0.2) is 0 Å². The number of barbiturate groups is 1. The normalized spacial score (nSPS) is 14.8. The Morgan fingerprint density at radius 2 is 1.75 bits per heavy atom. The van der Waals surface area contributed by atoms with Crippen LogP contribution in [0.25, 0.3) is 6.08 Å². The SMILES string of the molecule is C#CCOc1c(I)cc(I)cc1C=C1C(=O)N(C)C(=O)N(C)C1=O. The van der Waals surface area contributed by atoms with E-state index in [0.717, 1.165) is 16.9 Å². The van der Waals surface area contributed by atoms with Crippen LogP contribution in [0, 0.1) is 19.5 Å². The maximum Gasteiger partial charge on any atom is 0.333 e. The molecule has 0 atom stereocenters. The van der Waals surface area contributed by atoms with E-state index in [1.807, 2.05) is 6.07 Å². The van der Waals surface area contributed by atoms with Gasteiger partial charge in [0.1, 0.15) is 17.9 Å². The van der Waals surface area contributed by atoms with Crippen molar-refractivity contribution in [1.82, 2.24) is 9.80 Å². The number of ether oxygens (including phenoxy) is 1. The summed E-state index contributed by atoms with van der Waals surface area (Å²) in [6, 6.07) is 3.00. The Morgan fingerprint density at radius 1 is 1.17 bits per heavy atom. The van der Waals surface area contributed by atoms with Crippen molar-refractivity contribution in [2.45, 2.75) is 0 Å². The van der Waals surface area contributed by atoms with Crippen LogP contribution in [0.5, 0.6) is 5.75 Å². The number of nitrogens with zero attached hydrogens (tertiary/aromatic N) is 2. The standard InChI is InChI=1S/C16H12I2N2O4/c1-4-5-24-13-9(6-10(17)8-12(13)18)7-11-14(21)19(2)16(23)20(3)15(11)22/h1,6-8H,5H2,2-3H3. The number of amides is 4. The summed E-state index contributed by atoms with van der Waals surface area (Å²) in [7, 11) is 2.66. The molecule has 1 aromatic carbocycles. The van der Waals surface area contributed by atoms with Crippen LogP contribution in [0.3, 0.4) is 0 Å². The summed E-state index contributed by atoms with van der Waals surface area (Å²) in [4.78, 5) is 38.2. The molecule has 8 heteroatoms. The first-order valence-corrected chi connectivity index (χ1v) is 8.80. The van der Waals surface area contributed by atoms with Crippen molar-refractivity contribution in [1.29, 1.82) is 0 Å². The van der Waals surface area contributed by atoms with Gasteiger partial charge in [-0.3, -0.25) is 19.4 Å². The van der Waals surface area contributed by atoms with Gasteiger partial charge in [0.2, 0.25) is 0 Å². The number of carbonyl (C=O) groups excluding carboxylic acids is 3. The van der Waals surface area contributed by atoms with Crippen LogP contribution in [0.2, 0.25) is 0 Å². The van der Waals surface area contributed by atoms with Crippen LogP contribution < -0.4 is 4.74 Å². The summed E-state index contributed by atoms with van der Waals surface area (Å²) in [5.74, 6) is 1.57. The van der Waals surface area contributed by atoms with E-state index in [2.05, 4.69) is 51.1 Å². The van der Waals surface area contributed by atoms with Crippen LogP contribution in [-0.2, 0) is 9.59 Å². The summed E-state index contributed by atoms with van der Waals surface area (Å²) in [5, 5.41) is 0. The molecule has 124 valence electrons. The van der Waals surface area contributed by atoms with E-state index >= 15 is 0 Å². The Labute approximate surface area is 166 Å². The number of urea groups is 1. The minimum Gasteiger partial charge on any atom is -0.479 e. The van der Waals surface area contributed by atoms with Gasteiger partial charge < -0.3 is 4.74 Å². The average Bonchev–Trinajstić information content (AvgIpc) is 2.54. The van der Waals surface area contributed by atoms with Gasteiger partial charge >= 0.3 is 6.03 Å². The number of likely N-dealkylation sites (N-methyl/N-ethyl adjacent to an activating group) is 2. The number of imide groups is 2. The van der Waals surface area contributed by atoms with E-state index in [1.54, 1.807) is 6.07 Å². The van der Waals surface area contributed by atoms with Gasteiger partial charge in [0.25, 0.3) is 11.8 Å². The maximum absolute atomic E-state index is 12.3. The van der Waals surface area contributed by atoms with Crippen molar-refractivity contribution >= 4 is 69.1 Å². The highest BCUT2D eigenvalue weighted by Gasteiger charge is 2.38. The second kappa shape index (κ2) is 7.52. The van der Waals surface area contributed by atoms with Gasteiger partial charge in [-0.1, -0.05) is 5.92 Å². The first-order valence-electron chi connectivity index (χ1n) is 6.65. The molecule has 4 amide bonds. The summed E-state index contributed by atoms with van der Waals surface area (Å²) in [6.07, 6.45) is 6.66. The molecule has 24 heavy (non-hydrogen) atoms. The predicted octanol–water partition coefficient (Wildman–Crippen LogP) is 2.34. The predicted molar refractivity (Wildman–Crippen MR) is 105 cm³/mol. The Hall–Kier alpha value is -1.61. The Bertz CT molecular complexity index is 785. The second-order valence-corrected chi connectivity index (χ2v) is 7.28. The molecule has 0 unspecified atom stereocenters. The van der Waals surface area contributed by atoms with Crippen LogP contribution >= 0.6 is 45.2 Å². The summed E-state index contributed by atoms with van der Waals surface area (Å²) in [6.45, 7) is 0.0625. The summed E-state index contributed by atoms with van der Waals surface area (Å²) in [5.41, 5.74) is 0.442. The lowest BCUT2D eigenvalue weighted by molar-refractivity contribution is -0.134. The minimum absolute atomic E-state index is 0.0625. The van der Waals surface area contributed by atoms with Gasteiger partial charge in [0.05, 0.1) is 3.57 Å². The van der Waals surface area contributed by atoms with E-state index in [9.17, 15) is 14.4 Å². The zero-order chi connectivity index (χ0) is 18.0.